The van der Waals surface area contributed by atoms with Gasteiger partial charge in [-0.2, -0.15) is 0 Å². The lowest BCUT2D eigenvalue weighted by molar-refractivity contribution is 1.49. The monoisotopic (exact) mass is 246 g/mol. The summed E-state index contributed by atoms with van der Waals surface area (Å²) in [6.07, 6.45) is 12.1. The van der Waals surface area contributed by atoms with E-state index in [9.17, 15) is 0 Å². The van der Waals surface area contributed by atoms with Crippen LogP contribution in [0.25, 0.3) is 0 Å². The van der Waals surface area contributed by atoms with E-state index in [-0.39, 0.29) is 0 Å². The Balaban J connectivity index is 5.36. The molecular weight excluding hydrogens is 224 g/mol. The van der Waals surface area contributed by atoms with Crippen LogP contribution in [-0.4, -0.2) is 0 Å². The fourth-order valence-corrected chi connectivity index (χ4v) is 2.25. The fraction of sp³-hybridized carbons (Fsp3) is 0.250. The molecule has 1 heteroatoms. The lowest BCUT2D eigenvalue weighted by Gasteiger charge is -2.08. The van der Waals surface area contributed by atoms with Crippen LogP contribution in [0.2, 0.25) is 0 Å². The first kappa shape index (κ1) is 15.8. The summed E-state index contributed by atoms with van der Waals surface area (Å²) in [5.74, 6) is 0. The van der Waals surface area contributed by atoms with Crippen molar-refractivity contribution in [2.45, 2.75) is 27.7 Å². The molecule has 0 saturated carbocycles. The van der Waals surface area contributed by atoms with Gasteiger partial charge in [0.1, 0.15) is 0 Å². The first-order chi connectivity index (χ1) is 8.10. The molecule has 0 fully saturated rings. The molecule has 0 aliphatic heterocycles. The molecule has 0 unspecified atom stereocenters. The molecule has 0 N–H and O–H groups in total. The summed E-state index contributed by atoms with van der Waals surface area (Å²) in [7, 11) is 0. The average Bonchev–Trinajstić information content (AvgIpc) is 2.35. The van der Waals surface area contributed by atoms with Gasteiger partial charge in [0, 0.05) is 9.81 Å². The summed E-state index contributed by atoms with van der Waals surface area (Å²) in [5, 5.41) is 0. The van der Waals surface area contributed by atoms with Crippen LogP contribution in [0.5, 0.6) is 0 Å². The molecule has 92 valence electrons. The molecule has 0 aromatic carbocycles. The smallest absolute Gasteiger partial charge is 0.0148 e. The maximum atomic E-state index is 3.82. The van der Waals surface area contributed by atoms with Gasteiger partial charge in [0.05, 0.1) is 0 Å². The number of hydrogen-bond acceptors (Lipinski definition) is 1. The second-order valence-corrected chi connectivity index (χ2v) is 4.69. The van der Waals surface area contributed by atoms with Gasteiger partial charge in [-0.15, -0.1) is 0 Å². The number of rotatable bonds is 6. The molecule has 0 bridgehead atoms. The lowest BCUT2D eigenvalue weighted by atomic mass is 10.2. The van der Waals surface area contributed by atoms with Crippen molar-refractivity contribution in [3.63, 3.8) is 0 Å². The maximum Gasteiger partial charge on any atom is 0.0148 e. The Morgan fingerprint density at radius 1 is 0.824 bits per heavy atom. The summed E-state index contributed by atoms with van der Waals surface area (Å²) in [6, 6.07) is 0. The van der Waals surface area contributed by atoms with E-state index < -0.39 is 0 Å². The van der Waals surface area contributed by atoms with Crippen molar-refractivity contribution in [1.82, 2.24) is 0 Å². The van der Waals surface area contributed by atoms with Gasteiger partial charge >= 0.3 is 0 Å². The van der Waals surface area contributed by atoms with Crippen LogP contribution in [-0.2, 0) is 0 Å². The van der Waals surface area contributed by atoms with E-state index in [1.807, 2.05) is 38.2 Å². The first-order valence-electron chi connectivity index (χ1n) is 5.70. The topological polar surface area (TPSA) is 0 Å². The molecule has 0 rings (SSSR count). The Labute approximate surface area is 110 Å². The first-order valence-corrected chi connectivity index (χ1v) is 6.52. The van der Waals surface area contributed by atoms with Gasteiger partial charge < -0.3 is 0 Å². The highest BCUT2D eigenvalue weighted by atomic mass is 32.2. The van der Waals surface area contributed by atoms with Crippen LogP contribution in [0.1, 0.15) is 27.7 Å². The van der Waals surface area contributed by atoms with E-state index in [0.29, 0.717) is 0 Å². The van der Waals surface area contributed by atoms with Crippen molar-refractivity contribution < 1.29 is 0 Å². The molecule has 0 atom stereocenters. The second-order valence-electron chi connectivity index (χ2n) is 3.60. The minimum atomic E-state index is 1.19. The van der Waals surface area contributed by atoms with Gasteiger partial charge in [-0.1, -0.05) is 61.4 Å². The molecule has 0 saturated heterocycles. The van der Waals surface area contributed by atoms with Gasteiger partial charge in [-0.25, -0.2) is 0 Å². The second kappa shape index (κ2) is 8.89. The quantitative estimate of drug-likeness (QED) is 0.534. The van der Waals surface area contributed by atoms with Crippen molar-refractivity contribution in [3.05, 3.63) is 70.6 Å². The van der Waals surface area contributed by atoms with E-state index in [0.717, 1.165) is 0 Å². The third-order valence-electron chi connectivity index (χ3n) is 2.25. The number of thioether (sulfide) groups is 1. The Kier molecular flexibility index (Phi) is 8.25. The third-order valence-corrected chi connectivity index (χ3v) is 3.60. The van der Waals surface area contributed by atoms with Crippen molar-refractivity contribution in [3.8, 4) is 0 Å². The van der Waals surface area contributed by atoms with Crippen molar-refractivity contribution in [2.24, 2.45) is 0 Å². The van der Waals surface area contributed by atoms with E-state index in [2.05, 4.69) is 39.2 Å². The Hall–Kier alpha value is -1.21. The molecule has 0 heterocycles. The summed E-state index contributed by atoms with van der Waals surface area (Å²) in [5.41, 5.74) is 2.37. The molecule has 0 radical (unpaired) electrons. The Morgan fingerprint density at radius 3 is 1.41 bits per heavy atom. The normalized spacial score (nSPS) is 14.8. The van der Waals surface area contributed by atoms with Gasteiger partial charge in [-0.3, -0.25) is 0 Å². The van der Waals surface area contributed by atoms with E-state index >= 15 is 0 Å². The molecule has 0 amide bonds. The van der Waals surface area contributed by atoms with Gasteiger partial charge in [0.2, 0.25) is 0 Å². The standard InChI is InChI=1S/C16H22S/c1-7-11-15(13(5)9-3)17-16(12-8-2)14(6)10-4/h7-12H,3-4H2,1-2,5-6H3/b11-7-,12-8-,15-13+,16-14+. The zero-order valence-corrected chi connectivity index (χ0v) is 12.1. The average molecular weight is 246 g/mol. The number of allylic oxidation sites excluding steroid dienone is 8. The van der Waals surface area contributed by atoms with Crippen molar-refractivity contribution in [2.75, 3.05) is 0 Å². The molecule has 0 aromatic heterocycles. The Morgan fingerprint density at radius 2 is 1.18 bits per heavy atom. The zero-order chi connectivity index (χ0) is 13.3. The fourth-order valence-electron chi connectivity index (χ4n) is 1.11. The highest BCUT2D eigenvalue weighted by Crippen LogP contribution is 2.32. The van der Waals surface area contributed by atoms with Crippen LogP contribution in [0.4, 0.5) is 0 Å². The minimum absolute atomic E-state index is 1.19. The van der Waals surface area contributed by atoms with E-state index in [1.165, 1.54) is 21.0 Å². The summed E-state index contributed by atoms with van der Waals surface area (Å²) < 4.78 is 0. The largest absolute Gasteiger partial charge is 0.0988 e. The SMILES string of the molecule is C=C/C(C)=C(\C=C/C)SC(/C=C\C)=C(\C)C=C. The summed E-state index contributed by atoms with van der Waals surface area (Å²) in [4.78, 5) is 2.44. The van der Waals surface area contributed by atoms with Crippen LogP contribution >= 0.6 is 11.8 Å². The zero-order valence-electron chi connectivity index (χ0n) is 11.3. The van der Waals surface area contributed by atoms with Gasteiger partial charge in [-0.05, 0) is 38.8 Å². The summed E-state index contributed by atoms with van der Waals surface area (Å²) in [6.45, 7) is 15.8. The van der Waals surface area contributed by atoms with E-state index in [4.69, 9.17) is 0 Å². The predicted octanol–water partition coefficient (Wildman–Crippen LogP) is 5.79. The third kappa shape index (κ3) is 5.60. The van der Waals surface area contributed by atoms with Crippen LogP contribution in [0.15, 0.2) is 70.6 Å². The van der Waals surface area contributed by atoms with Crippen molar-refractivity contribution >= 4 is 11.8 Å². The highest BCUT2D eigenvalue weighted by Gasteiger charge is 2.03. The van der Waals surface area contributed by atoms with Gasteiger partial charge in [0.25, 0.3) is 0 Å². The maximum absolute atomic E-state index is 3.82. The Bertz CT molecular complexity index is 352. The van der Waals surface area contributed by atoms with Crippen LogP contribution in [0.3, 0.4) is 0 Å². The molecule has 0 aliphatic carbocycles. The van der Waals surface area contributed by atoms with Crippen LogP contribution < -0.4 is 0 Å². The van der Waals surface area contributed by atoms with E-state index in [1.54, 1.807) is 11.8 Å². The molecule has 17 heavy (non-hydrogen) atoms. The predicted molar refractivity (Wildman–Crippen MR) is 83.0 cm³/mol. The molecule has 0 nitrogen and oxygen atoms in total. The highest BCUT2D eigenvalue weighted by molar-refractivity contribution is 8.07. The summed E-state index contributed by atoms with van der Waals surface area (Å²) >= 11 is 1.75. The molecule has 0 aromatic rings. The molecule has 0 aliphatic rings. The number of hydrogen-bond donors (Lipinski definition) is 0. The van der Waals surface area contributed by atoms with Crippen molar-refractivity contribution in [1.29, 1.82) is 0 Å². The van der Waals surface area contributed by atoms with Gasteiger partial charge in [0.15, 0.2) is 0 Å². The minimum Gasteiger partial charge on any atom is -0.0988 e. The molecular formula is C16H22S. The van der Waals surface area contributed by atoms with Crippen LogP contribution in [0, 0.1) is 0 Å². The molecule has 0 spiro atoms. The lowest BCUT2D eigenvalue weighted by Crippen LogP contribution is -1.82.